The van der Waals surface area contributed by atoms with Gasteiger partial charge in [-0.3, -0.25) is 0 Å². The summed E-state index contributed by atoms with van der Waals surface area (Å²) in [7, 11) is 2.01. The van der Waals surface area contributed by atoms with Crippen LogP contribution in [0, 0.1) is 5.92 Å². The Bertz CT molecular complexity index is 452. The van der Waals surface area contributed by atoms with E-state index < -0.39 is 6.10 Å². The number of para-hydroxylation sites is 1. The van der Waals surface area contributed by atoms with Gasteiger partial charge in [0.1, 0.15) is 23.4 Å². The fourth-order valence-electron chi connectivity index (χ4n) is 1.96. The number of hydrogen-bond acceptors (Lipinski definition) is 4. The predicted molar refractivity (Wildman–Crippen MR) is 90.8 cm³/mol. The van der Waals surface area contributed by atoms with Crippen molar-refractivity contribution in [3.63, 3.8) is 0 Å². The van der Waals surface area contributed by atoms with Crippen molar-refractivity contribution in [2.45, 2.75) is 26.4 Å². The van der Waals surface area contributed by atoms with Crippen molar-refractivity contribution < 1.29 is 9.84 Å². The number of aliphatic hydroxyl groups excluding tert-OH is 1. The zero-order valence-electron chi connectivity index (χ0n) is 13.1. The third kappa shape index (κ3) is 6.89. The molecule has 118 valence electrons. The Balaban J connectivity index is 2.43. The summed E-state index contributed by atoms with van der Waals surface area (Å²) in [5.74, 6) is 1.28. The molecule has 0 aliphatic heterocycles. The first kappa shape index (κ1) is 17.9. The number of hydrogen-bond donors (Lipinski definition) is 2. The van der Waals surface area contributed by atoms with Crippen LogP contribution in [0.2, 0.25) is 0 Å². The van der Waals surface area contributed by atoms with Crippen molar-refractivity contribution in [3.05, 3.63) is 29.8 Å². The minimum absolute atomic E-state index is 0.228. The maximum atomic E-state index is 10.0. The molecule has 5 heteroatoms. The number of ether oxygens (including phenoxy) is 1. The van der Waals surface area contributed by atoms with Crippen LogP contribution >= 0.6 is 12.2 Å². The van der Waals surface area contributed by atoms with Crippen molar-refractivity contribution in [1.82, 2.24) is 4.90 Å². The largest absolute Gasteiger partial charge is 0.490 e. The topological polar surface area (TPSA) is 58.7 Å². The summed E-state index contributed by atoms with van der Waals surface area (Å²) in [5.41, 5.74) is 6.35. The summed E-state index contributed by atoms with van der Waals surface area (Å²) in [5, 5.41) is 10.0. The average Bonchev–Trinajstić information content (AvgIpc) is 2.43. The van der Waals surface area contributed by atoms with Gasteiger partial charge in [0.2, 0.25) is 0 Å². The van der Waals surface area contributed by atoms with E-state index in [0.29, 0.717) is 28.8 Å². The van der Waals surface area contributed by atoms with Crippen LogP contribution < -0.4 is 10.5 Å². The molecule has 0 aromatic heterocycles. The van der Waals surface area contributed by atoms with Gasteiger partial charge in [0.25, 0.3) is 0 Å². The molecule has 0 aliphatic rings. The van der Waals surface area contributed by atoms with E-state index in [9.17, 15) is 5.11 Å². The molecular weight excluding hydrogens is 284 g/mol. The lowest BCUT2D eigenvalue weighted by atomic mass is 10.1. The van der Waals surface area contributed by atoms with Crippen molar-refractivity contribution in [3.8, 4) is 5.75 Å². The van der Waals surface area contributed by atoms with Crippen LogP contribution in [-0.2, 0) is 0 Å². The zero-order chi connectivity index (χ0) is 15.8. The summed E-state index contributed by atoms with van der Waals surface area (Å²) in [6.07, 6.45) is 0.579. The first-order chi connectivity index (χ1) is 9.90. The first-order valence-electron chi connectivity index (χ1n) is 7.28. The third-order valence-electron chi connectivity index (χ3n) is 3.19. The van der Waals surface area contributed by atoms with Crippen LogP contribution in [0.5, 0.6) is 5.75 Å². The van der Waals surface area contributed by atoms with Gasteiger partial charge in [-0.15, -0.1) is 0 Å². The summed E-state index contributed by atoms with van der Waals surface area (Å²) >= 11 is 4.99. The van der Waals surface area contributed by atoms with E-state index in [0.717, 1.165) is 13.0 Å². The molecule has 0 spiro atoms. The molecule has 0 radical (unpaired) electrons. The molecule has 0 bridgehead atoms. The molecule has 0 saturated carbocycles. The molecule has 0 amide bonds. The number of rotatable bonds is 9. The quantitative estimate of drug-likeness (QED) is 0.684. The summed E-state index contributed by atoms with van der Waals surface area (Å²) in [6, 6.07) is 7.35. The van der Waals surface area contributed by atoms with E-state index in [2.05, 4.69) is 18.7 Å². The number of nitrogens with two attached hydrogens (primary N) is 1. The maximum absolute atomic E-state index is 10.0. The zero-order valence-corrected chi connectivity index (χ0v) is 13.9. The van der Waals surface area contributed by atoms with Gasteiger partial charge >= 0.3 is 0 Å². The number of benzene rings is 1. The molecule has 1 rings (SSSR count). The average molecular weight is 310 g/mol. The fourth-order valence-corrected chi connectivity index (χ4v) is 2.13. The lowest BCUT2D eigenvalue weighted by Crippen LogP contribution is -2.34. The molecule has 1 aromatic carbocycles. The Hall–Kier alpha value is -1.17. The highest BCUT2D eigenvalue weighted by Crippen LogP contribution is 2.17. The van der Waals surface area contributed by atoms with Crippen molar-refractivity contribution in [2.75, 3.05) is 26.7 Å². The monoisotopic (exact) mass is 310 g/mol. The fraction of sp³-hybridized carbons (Fsp3) is 0.562. The van der Waals surface area contributed by atoms with E-state index >= 15 is 0 Å². The van der Waals surface area contributed by atoms with Crippen molar-refractivity contribution in [2.24, 2.45) is 11.7 Å². The summed E-state index contributed by atoms with van der Waals surface area (Å²) in [4.78, 5) is 2.42. The molecule has 1 aromatic rings. The Morgan fingerprint density at radius 3 is 2.67 bits per heavy atom. The second kappa shape index (κ2) is 8.97. The molecule has 1 unspecified atom stereocenters. The minimum Gasteiger partial charge on any atom is -0.490 e. The maximum Gasteiger partial charge on any atom is 0.129 e. The van der Waals surface area contributed by atoms with Gasteiger partial charge in [-0.1, -0.05) is 38.2 Å². The second-order valence-electron chi connectivity index (χ2n) is 5.77. The van der Waals surface area contributed by atoms with Crippen LogP contribution in [0.3, 0.4) is 0 Å². The van der Waals surface area contributed by atoms with Crippen LogP contribution in [0.4, 0.5) is 0 Å². The Morgan fingerprint density at radius 2 is 2.05 bits per heavy atom. The van der Waals surface area contributed by atoms with Gasteiger partial charge in [0.15, 0.2) is 0 Å². The molecule has 3 N–H and O–H groups in total. The third-order valence-corrected chi connectivity index (χ3v) is 3.41. The predicted octanol–water partition coefficient (Wildman–Crippen LogP) is 2.04. The standard InChI is InChI=1S/C16H26N2O2S/c1-12(2)8-9-18(3)10-13(19)11-20-15-7-5-4-6-14(15)16(17)21/h4-7,12-13,19H,8-11H2,1-3H3,(H2,17,21). The molecule has 0 fully saturated rings. The van der Waals surface area contributed by atoms with Crippen LogP contribution in [0.15, 0.2) is 24.3 Å². The Kier molecular flexibility index (Phi) is 7.64. The minimum atomic E-state index is -0.540. The van der Waals surface area contributed by atoms with Gasteiger partial charge in [-0.2, -0.15) is 0 Å². The van der Waals surface area contributed by atoms with Crippen LogP contribution in [0.25, 0.3) is 0 Å². The highest BCUT2D eigenvalue weighted by molar-refractivity contribution is 7.80. The van der Waals surface area contributed by atoms with E-state index in [1.54, 1.807) is 0 Å². The summed E-state index contributed by atoms with van der Waals surface area (Å²) in [6.45, 7) is 6.17. The molecule has 0 aliphatic carbocycles. The lowest BCUT2D eigenvalue weighted by molar-refractivity contribution is 0.0750. The molecular formula is C16H26N2O2S. The SMILES string of the molecule is CC(C)CCN(C)CC(O)COc1ccccc1C(N)=S. The van der Waals surface area contributed by atoms with Crippen LogP contribution in [0.1, 0.15) is 25.8 Å². The summed E-state index contributed by atoms with van der Waals surface area (Å²) < 4.78 is 5.64. The Morgan fingerprint density at radius 1 is 1.38 bits per heavy atom. The van der Waals surface area contributed by atoms with E-state index in [4.69, 9.17) is 22.7 Å². The number of thiocarbonyl (C=S) groups is 1. The van der Waals surface area contributed by atoms with Gasteiger partial charge < -0.3 is 20.5 Å². The van der Waals surface area contributed by atoms with Gasteiger partial charge in [-0.05, 0) is 38.1 Å². The number of likely N-dealkylation sites (N-methyl/N-ethyl adjacent to an activating group) is 1. The van der Waals surface area contributed by atoms with Gasteiger partial charge in [0, 0.05) is 6.54 Å². The molecule has 21 heavy (non-hydrogen) atoms. The lowest BCUT2D eigenvalue weighted by Gasteiger charge is -2.22. The molecule has 0 saturated heterocycles. The van der Waals surface area contributed by atoms with E-state index in [1.165, 1.54) is 0 Å². The molecule has 4 nitrogen and oxygen atoms in total. The van der Waals surface area contributed by atoms with Crippen molar-refractivity contribution >= 4 is 17.2 Å². The van der Waals surface area contributed by atoms with Crippen LogP contribution in [-0.4, -0.2) is 47.8 Å². The highest BCUT2D eigenvalue weighted by Gasteiger charge is 2.11. The molecule has 0 heterocycles. The normalized spacial score (nSPS) is 12.7. The highest BCUT2D eigenvalue weighted by atomic mass is 32.1. The Labute approximate surface area is 132 Å². The van der Waals surface area contributed by atoms with Crippen molar-refractivity contribution in [1.29, 1.82) is 0 Å². The van der Waals surface area contributed by atoms with Gasteiger partial charge in [-0.25, -0.2) is 0 Å². The van der Waals surface area contributed by atoms with Gasteiger partial charge in [0.05, 0.1) is 5.56 Å². The van der Waals surface area contributed by atoms with E-state index in [-0.39, 0.29) is 6.61 Å². The molecule has 1 atom stereocenters. The smallest absolute Gasteiger partial charge is 0.129 e. The second-order valence-corrected chi connectivity index (χ2v) is 6.21. The number of nitrogens with zero attached hydrogens (tertiary/aromatic N) is 1. The first-order valence-corrected chi connectivity index (χ1v) is 7.69. The number of aliphatic hydroxyl groups is 1. The van der Waals surface area contributed by atoms with E-state index in [1.807, 2.05) is 31.3 Å².